The lowest BCUT2D eigenvalue weighted by Crippen LogP contribution is -2.27. The molecule has 0 aromatic heterocycles. The first-order valence-corrected chi connectivity index (χ1v) is 5.86. The number of hydrogen-bond donors (Lipinski definition) is 1. The standard InChI is InChI=1S/C12H15ClN2O/c13-11-5-3-10(4-6-11)12(14-16)9-15-7-1-2-8-15/h3-6,16H,1-2,7-9H2/b14-12-. The SMILES string of the molecule is O/N=C(/CN1CCCC1)c1ccc(Cl)cc1. The molecule has 3 nitrogen and oxygen atoms in total. The highest BCUT2D eigenvalue weighted by atomic mass is 35.5. The van der Waals surface area contributed by atoms with Crippen LogP contribution >= 0.6 is 11.6 Å². The van der Waals surface area contributed by atoms with Crippen molar-refractivity contribution in [1.82, 2.24) is 4.90 Å². The fraction of sp³-hybridized carbons (Fsp3) is 0.417. The summed E-state index contributed by atoms with van der Waals surface area (Å²) in [5.41, 5.74) is 1.64. The Labute approximate surface area is 100 Å². The molecule has 1 N–H and O–H groups in total. The molecule has 0 radical (unpaired) electrons. The van der Waals surface area contributed by atoms with Gasteiger partial charge >= 0.3 is 0 Å². The van der Waals surface area contributed by atoms with Crippen LogP contribution in [-0.4, -0.2) is 35.5 Å². The van der Waals surface area contributed by atoms with Gasteiger partial charge < -0.3 is 5.21 Å². The van der Waals surface area contributed by atoms with E-state index in [1.165, 1.54) is 12.8 Å². The lowest BCUT2D eigenvalue weighted by molar-refractivity contribution is 0.311. The number of hydrogen-bond acceptors (Lipinski definition) is 3. The minimum Gasteiger partial charge on any atom is -0.411 e. The smallest absolute Gasteiger partial charge is 0.101 e. The van der Waals surface area contributed by atoms with Gasteiger partial charge in [0.25, 0.3) is 0 Å². The van der Waals surface area contributed by atoms with Gasteiger partial charge in [-0.25, -0.2) is 0 Å². The molecule has 4 heteroatoms. The molecule has 1 heterocycles. The Morgan fingerprint density at radius 3 is 2.44 bits per heavy atom. The Morgan fingerprint density at radius 2 is 1.88 bits per heavy atom. The van der Waals surface area contributed by atoms with Crippen LogP contribution in [-0.2, 0) is 0 Å². The summed E-state index contributed by atoms with van der Waals surface area (Å²) < 4.78 is 0. The maximum absolute atomic E-state index is 9.04. The molecule has 0 unspecified atom stereocenters. The molecule has 1 aromatic carbocycles. The molecule has 1 aliphatic rings. The Hall–Kier alpha value is -1.06. The molecule has 0 amide bonds. The van der Waals surface area contributed by atoms with Crippen LogP contribution in [0.4, 0.5) is 0 Å². The van der Waals surface area contributed by atoms with Gasteiger partial charge in [-0.3, -0.25) is 4.90 Å². The van der Waals surface area contributed by atoms with Gasteiger partial charge in [0.2, 0.25) is 0 Å². The van der Waals surface area contributed by atoms with E-state index in [0.29, 0.717) is 17.3 Å². The summed E-state index contributed by atoms with van der Waals surface area (Å²) in [5, 5.41) is 13.1. The molecule has 2 rings (SSSR count). The Bertz CT molecular complexity index is 369. The minimum absolute atomic E-state index is 0.696. The Balaban J connectivity index is 2.07. The predicted octanol–water partition coefficient (Wildman–Crippen LogP) is 2.61. The van der Waals surface area contributed by atoms with Crippen LogP contribution in [0.25, 0.3) is 0 Å². The van der Waals surface area contributed by atoms with Crippen molar-refractivity contribution in [2.75, 3.05) is 19.6 Å². The third kappa shape index (κ3) is 2.74. The van der Waals surface area contributed by atoms with E-state index in [-0.39, 0.29) is 0 Å². The molecule has 0 bridgehead atoms. The minimum atomic E-state index is 0.696. The first-order valence-electron chi connectivity index (χ1n) is 5.49. The third-order valence-electron chi connectivity index (χ3n) is 2.87. The summed E-state index contributed by atoms with van der Waals surface area (Å²) in [5.74, 6) is 0. The van der Waals surface area contributed by atoms with E-state index in [1.54, 1.807) is 0 Å². The van der Waals surface area contributed by atoms with Crippen LogP contribution < -0.4 is 0 Å². The third-order valence-corrected chi connectivity index (χ3v) is 3.12. The molecule has 86 valence electrons. The zero-order valence-corrected chi connectivity index (χ0v) is 9.82. The Morgan fingerprint density at radius 1 is 1.25 bits per heavy atom. The van der Waals surface area contributed by atoms with Crippen LogP contribution in [0.3, 0.4) is 0 Å². The first kappa shape index (κ1) is 11.4. The highest BCUT2D eigenvalue weighted by Gasteiger charge is 2.15. The molecule has 1 aromatic rings. The van der Waals surface area contributed by atoms with Gasteiger partial charge in [0.15, 0.2) is 0 Å². The maximum Gasteiger partial charge on any atom is 0.101 e. The largest absolute Gasteiger partial charge is 0.411 e. The van der Waals surface area contributed by atoms with E-state index in [4.69, 9.17) is 16.8 Å². The number of halogens is 1. The summed E-state index contributed by atoms with van der Waals surface area (Å²) in [4.78, 5) is 2.30. The number of nitrogens with zero attached hydrogens (tertiary/aromatic N) is 2. The van der Waals surface area contributed by atoms with E-state index in [2.05, 4.69) is 10.1 Å². The van der Waals surface area contributed by atoms with E-state index in [9.17, 15) is 0 Å². The molecule has 0 aliphatic carbocycles. The quantitative estimate of drug-likeness (QED) is 0.499. The van der Waals surface area contributed by atoms with Crippen LogP contribution in [0.15, 0.2) is 29.4 Å². The molecule has 0 saturated carbocycles. The van der Waals surface area contributed by atoms with Gasteiger partial charge in [0.1, 0.15) is 5.71 Å². The normalized spacial score (nSPS) is 17.9. The molecule has 16 heavy (non-hydrogen) atoms. The molecule has 0 spiro atoms. The maximum atomic E-state index is 9.04. The second-order valence-electron chi connectivity index (χ2n) is 4.04. The topological polar surface area (TPSA) is 35.8 Å². The van der Waals surface area contributed by atoms with Gasteiger partial charge in [-0.15, -0.1) is 0 Å². The van der Waals surface area contributed by atoms with Crippen LogP contribution in [0.2, 0.25) is 5.02 Å². The van der Waals surface area contributed by atoms with Crippen LogP contribution in [0.5, 0.6) is 0 Å². The molecule has 1 aliphatic heterocycles. The van der Waals surface area contributed by atoms with Crippen LogP contribution in [0, 0.1) is 0 Å². The zero-order chi connectivity index (χ0) is 11.4. The van der Waals surface area contributed by atoms with E-state index < -0.39 is 0 Å². The fourth-order valence-electron chi connectivity index (χ4n) is 1.98. The number of rotatable bonds is 3. The number of benzene rings is 1. The lowest BCUT2D eigenvalue weighted by Gasteiger charge is -2.15. The molecular weight excluding hydrogens is 224 g/mol. The van der Waals surface area contributed by atoms with Crippen molar-refractivity contribution in [2.24, 2.45) is 5.16 Å². The van der Waals surface area contributed by atoms with Gasteiger partial charge in [-0.2, -0.15) is 0 Å². The van der Waals surface area contributed by atoms with Gasteiger partial charge in [0.05, 0.1) is 0 Å². The zero-order valence-electron chi connectivity index (χ0n) is 9.06. The van der Waals surface area contributed by atoms with Crippen molar-refractivity contribution in [2.45, 2.75) is 12.8 Å². The second kappa shape index (κ2) is 5.32. The Kier molecular flexibility index (Phi) is 3.80. The van der Waals surface area contributed by atoms with Gasteiger partial charge in [-0.1, -0.05) is 28.9 Å². The summed E-state index contributed by atoms with van der Waals surface area (Å²) in [7, 11) is 0. The molecule has 1 fully saturated rings. The molecule has 1 saturated heterocycles. The monoisotopic (exact) mass is 238 g/mol. The van der Waals surface area contributed by atoms with Crippen molar-refractivity contribution in [1.29, 1.82) is 0 Å². The fourth-order valence-corrected chi connectivity index (χ4v) is 2.10. The number of oxime groups is 1. The average molecular weight is 239 g/mol. The predicted molar refractivity (Wildman–Crippen MR) is 65.4 cm³/mol. The second-order valence-corrected chi connectivity index (χ2v) is 4.47. The summed E-state index contributed by atoms with van der Waals surface area (Å²) in [6.45, 7) is 2.89. The van der Waals surface area contributed by atoms with Crippen molar-refractivity contribution in [3.8, 4) is 0 Å². The summed E-state index contributed by atoms with van der Waals surface area (Å²) >= 11 is 5.82. The van der Waals surface area contributed by atoms with Crippen molar-refractivity contribution >= 4 is 17.3 Å². The molecular formula is C12H15ClN2O. The summed E-state index contributed by atoms with van der Waals surface area (Å²) in [6, 6.07) is 7.39. The van der Waals surface area contributed by atoms with E-state index in [1.807, 2.05) is 24.3 Å². The summed E-state index contributed by atoms with van der Waals surface area (Å²) in [6.07, 6.45) is 2.47. The molecule has 0 atom stereocenters. The van der Waals surface area contributed by atoms with E-state index >= 15 is 0 Å². The lowest BCUT2D eigenvalue weighted by atomic mass is 10.1. The van der Waals surface area contributed by atoms with E-state index in [0.717, 1.165) is 18.7 Å². The van der Waals surface area contributed by atoms with Crippen molar-refractivity contribution in [3.05, 3.63) is 34.9 Å². The van der Waals surface area contributed by atoms with Crippen molar-refractivity contribution in [3.63, 3.8) is 0 Å². The van der Waals surface area contributed by atoms with Gasteiger partial charge in [-0.05, 0) is 38.1 Å². The van der Waals surface area contributed by atoms with Crippen molar-refractivity contribution < 1.29 is 5.21 Å². The first-order chi connectivity index (χ1) is 7.79. The van der Waals surface area contributed by atoms with Gasteiger partial charge in [0, 0.05) is 17.1 Å². The highest BCUT2D eigenvalue weighted by molar-refractivity contribution is 6.30. The van der Waals surface area contributed by atoms with Crippen LogP contribution in [0.1, 0.15) is 18.4 Å². The number of likely N-dealkylation sites (tertiary alicyclic amines) is 1. The average Bonchev–Trinajstić information content (AvgIpc) is 2.80. The highest BCUT2D eigenvalue weighted by Crippen LogP contribution is 2.13.